The number of hydrogen-bond acceptors (Lipinski definition) is 3. The molecule has 1 fully saturated rings. The van der Waals surface area contributed by atoms with Crippen LogP contribution < -0.4 is 5.32 Å². The predicted octanol–water partition coefficient (Wildman–Crippen LogP) is 1.48. The average molecular weight is 277 g/mol. The summed E-state index contributed by atoms with van der Waals surface area (Å²) in [4.78, 5) is 23.4. The van der Waals surface area contributed by atoms with E-state index in [1.807, 2.05) is 0 Å². The first-order valence-corrected chi connectivity index (χ1v) is 6.72. The van der Waals surface area contributed by atoms with Crippen molar-refractivity contribution < 1.29 is 19.8 Å². The van der Waals surface area contributed by atoms with Crippen LogP contribution in [0, 0.1) is 5.41 Å². The van der Waals surface area contributed by atoms with E-state index < -0.39 is 29.4 Å². The number of aliphatic hydroxyl groups is 1. The number of aliphatic carboxylic acids is 1. The summed E-state index contributed by atoms with van der Waals surface area (Å²) in [5, 5.41) is 22.0. The van der Waals surface area contributed by atoms with E-state index in [1.54, 1.807) is 37.3 Å². The number of rotatable bonds is 4. The first-order chi connectivity index (χ1) is 9.45. The largest absolute Gasteiger partial charge is 0.481 e. The summed E-state index contributed by atoms with van der Waals surface area (Å²) in [6, 6.07) is 8.16. The van der Waals surface area contributed by atoms with E-state index in [0.29, 0.717) is 18.4 Å². The maximum absolute atomic E-state index is 12.1. The number of nitrogens with one attached hydrogen (secondary N) is 1. The Morgan fingerprint density at radius 1 is 1.35 bits per heavy atom. The van der Waals surface area contributed by atoms with Gasteiger partial charge in [0.1, 0.15) is 0 Å². The molecule has 108 valence electrons. The fraction of sp³-hybridized carbons (Fsp3) is 0.467. The van der Waals surface area contributed by atoms with Gasteiger partial charge in [-0.05, 0) is 25.3 Å². The smallest absolute Gasteiger partial charge is 0.311 e. The summed E-state index contributed by atoms with van der Waals surface area (Å²) in [5.74, 6) is -1.45. The molecule has 5 nitrogen and oxygen atoms in total. The number of hydrogen-bond donors (Lipinski definition) is 3. The van der Waals surface area contributed by atoms with Gasteiger partial charge >= 0.3 is 5.97 Å². The van der Waals surface area contributed by atoms with Crippen molar-refractivity contribution in [1.82, 2.24) is 5.32 Å². The van der Waals surface area contributed by atoms with Crippen molar-refractivity contribution in [3.63, 3.8) is 0 Å². The van der Waals surface area contributed by atoms with Gasteiger partial charge in [-0.3, -0.25) is 9.59 Å². The molecule has 1 aromatic rings. The van der Waals surface area contributed by atoms with Crippen molar-refractivity contribution in [3.05, 3.63) is 35.9 Å². The third-order valence-electron chi connectivity index (χ3n) is 4.13. The van der Waals surface area contributed by atoms with Crippen LogP contribution in [0.4, 0.5) is 0 Å². The molecule has 1 amide bonds. The van der Waals surface area contributed by atoms with Crippen molar-refractivity contribution >= 4 is 11.9 Å². The average Bonchev–Trinajstić information content (AvgIpc) is 2.81. The molecule has 0 aromatic heterocycles. The summed E-state index contributed by atoms with van der Waals surface area (Å²) in [6.45, 7) is 1.64. The fourth-order valence-electron chi connectivity index (χ4n) is 2.69. The van der Waals surface area contributed by atoms with Gasteiger partial charge in [0.05, 0.1) is 5.41 Å². The molecule has 0 aliphatic heterocycles. The molecule has 5 heteroatoms. The lowest BCUT2D eigenvalue weighted by molar-refractivity contribution is -0.149. The van der Waals surface area contributed by atoms with Gasteiger partial charge in [-0.25, -0.2) is 0 Å². The molecule has 1 aliphatic rings. The van der Waals surface area contributed by atoms with Crippen LogP contribution in [-0.2, 0) is 9.59 Å². The Labute approximate surface area is 117 Å². The summed E-state index contributed by atoms with van der Waals surface area (Å²) in [7, 11) is 0. The molecule has 0 spiro atoms. The lowest BCUT2D eigenvalue weighted by Gasteiger charge is -2.28. The molecule has 3 atom stereocenters. The third kappa shape index (κ3) is 2.67. The second kappa shape index (κ2) is 5.63. The summed E-state index contributed by atoms with van der Waals surface area (Å²) in [5.41, 5.74) is -0.452. The van der Waals surface area contributed by atoms with Crippen molar-refractivity contribution in [2.45, 2.75) is 38.3 Å². The van der Waals surface area contributed by atoms with E-state index in [-0.39, 0.29) is 0 Å². The van der Waals surface area contributed by atoms with Gasteiger partial charge in [0.2, 0.25) is 0 Å². The Morgan fingerprint density at radius 2 is 2.00 bits per heavy atom. The highest BCUT2D eigenvalue weighted by molar-refractivity contribution is 5.84. The van der Waals surface area contributed by atoms with Crippen LogP contribution in [-0.4, -0.2) is 28.1 Å². The van der Waals surface area contributed by atoms with Crippen LogP contribution in [0.3, 0.4) is 0 Å². The maximum atomic E-state index is 12.1. The normalized spacial score (nSPS) is 27.0. The molecule has 0 radical (unpaired) electrons. The molecule has 0 bridgehead atoms. The van der Waals surface area contributed by atoms with Crippen molar-refractivity contribution in [3.8, 4) is 0 Å². The highest BCUT2D eigenvalue weighted by Gasteiger charge is 2.46. The van der Waals surface area contributed by atoms with Gasteiger partial charge in [-0.15, -0.1) is 0 Å². The highest BCUT2D eigenvalue weighted by atomic mass is 16.4. The lowest BCUT2D eigenvalue weighted by Crippen LogP contribution is -2.48. The molecule has 20 heavy (non-hydrogen) atoms. The summed E-state index contributed by atoms with van der Waals surface area (Å²) in [6.07, 6.45) is 0.648. The molecule has 3 unspecified atom stereocenters. The zero-order valence-electron chi connectivity index (χ0n) is 11.4. The van der Waals surface area contributed by atoms with Crippen molar-refractivity contribution in [2.75, 3.05) is 0 Å². The van der Waals surface area contributed by atoms with Gasteiger partial charge in [-0.2, -0.15) is 0 Å². The second-order valence-corrected chi connectivity index (χ2v) is 5.49. The first kappa shape index (κ1) is 14.5. The number of carbonyl (C=O) groups excluding carboxylic acids is 1. The molecule has 0 heterocycles. The predicted molar refractivity (Wildman–Crippen MR) is 72.9 cm³/mol. The molecule has 3 N–H and O–H groups in total. The number of benzene rings is 1. The number of carboxylic acids is 1. The van der Waals surface area contributed by atoms with Gasteiger partial charge in [0, 0.05) is 6.04 Å². The van der Waals surface area contributed by atoms with E-state index in [2.05, 4.69) is 5.32 Å². The Morgan fingerprint density at radius 3 is 2.60 bits per heavy atom. The zero-order chi connectivity index (χ0) is 14.8. The van der Waals surface area contributed by atoms with Gasteiger partial charge in [0.25, 0.3) is 5.91 Å². The van der Waals surface area contributed by atoms with Crippen molar-refractivity contribution in [1.29, 1.82) is 0 Å². The molecule has 2 rings (SSSR count). The van der Waals surface area contributed by atoms with E-state index in [1.165, 1.54) is 0 Å². The van der Waals surface area contributed by atoms with Crippen LogP contribution in [0.5, 0.6) is 0 Å². The first-order valence-electron chi connectivity index (χ1n) is 6.72. The van der Waals surface area contributed by atoms with E-state index in [4.69, 9.17) is 0 Å². The Hall–Kier alpha value is -1.88. The quantitative estimate of drug-likeness (QED) is 0.778. The molecular weight excluding hydrogens is 258 g/mol. The number of carboxylic acid groups (broad SMARTS) is 1. The molecule has 1 aliphatic carbocycles. The Balaban J connectivity index is 2.06. The second-order valence-electron chi connectivity index (χ2n) is 5.49. The number of carbonyl (C=O) groups is 2. The maximum Gasteiger partial charge on any atom is 0.311 e. The molecule has 1 saturated carbocycles. The Kier molecular flexibility index (Phi) is 4.09. The zero-order valence-corrected chi connectivity index (χ0v) is 11.4. The minimum absolute atomic E-state index is 0.439. The molecule has 0 saturated heterocycles. The van der Waals surface area contributed by atoms with Gasteiger partial charge in [-0.1, -0.05) is 36.8 Å². The van der Waals surface area contributed by atoms with Crippen LogP contribution in [0.2, 0.25) is 0 Å². The van der Waals surface area contributed by atoms with Crippen molar-refractivity contribution in [2.24, 2.45) is 5.41 Å². The summed E-state index contributed by atoms with van der Waals surface area (Å²) < 4.78 is 0. The lowest BCUT2D eigenvalue weighted by atomic mass is 9.84. The monoisotopic (exact) mass is 277 g/mol. The SMILES string of the molecule is CC1(C(=O)O)CCCC1NC(=O)C(O)c1ccccc1. The van der Waals surface area contributed by atoms with Crippen LogP contribution in [0.25, 0.3) is 0 Å². The third-order valence-corrected chi connectivity index (χ3v) is 4.13. The minimum Gasteiger partial charge on any atom is -0.481 e. The topological polar surface area (TPSA) is 86.6 Å². The van der Waals surface area contributed by atoms with Crippen LogP contribution in [0.1, 0.15) is 37.9 Å². The molecular formula is C15H19NO4. The van der Waals surface area contributed by atoms with Gasteiger partial charge in [0.15, 0.2) is 6.10 Å². The van der Waals surface area contributed by atoms with E-state index in [0.717, 1.165) is 6.42 Å². The molecule has 1 aromatic carbocycles. The number of aliphatic hydroxyl groups excluding tert-OH is 1. The summed E-state index contributed by atoms with van der Waals surface area (Å²) >= 11 is 0. The number of amides is 1. The van der Waals surface area contributed by atoms with Crippen LogP contribution >= 0.6 is 0 Å². The Bertz CT molecular complexity index is 502. The standard InChI is InChI=1S/C15H19NO4/c1-15(14(19)20)9-5-8-11(15)16-13(18)12(17)10-6-3-2-4-7-10/h2-4,6-7,11-12,17H,5,8-9H2,1H3,(H,16,18)(H,19,20). The van der Waals surface area contributed by atoms with Crippen LogP contribution in [0.15, 0.2) is 30.3 Å². The highest BCUT2D eigenvalue weighted by Crippen LogP contribution is 2.38. The van der Waals surface area contributed by atoms with E-state index >= 15 is 0 Å². The fourth-order valence-corrected chi connectivity index (χ4v) is 2.69. The van der Waals surface area contributed by atoms with E-state index in [9.17, 15) is 19.8 Å². The van der Waals surface area contributed by atoms with Gasteiger partial charge < -0.3 is 15.5 Å². The minimum atomic E-state index is -1.27.